The number of benzene rings is 1. The lowest BCUT2D eigenvalue weighted by atomic mass is 10.0. The Morgan fingerprint density at radius 2 is 2.19 bits per heavy atom. The van der Waals surface area contributed by atoms with E-state index in [1.807, 2.05) is 25.1 Å². The van der Waals surface area contributed by atoms with Gasteiger partial charge in [-0.3, -0.25) is 0 Å². The summed E-state index contributed by atoms with van der Waals surface area (Å²) in [6.45, 7) is 4.48. The molecule has 0 aromatic heterocycles. The minimum absolute atomic E-state index is 0.556. The first-order chi connectivity index (χ1) is 7.44. The first kappa shape index (κ1) is 13.6. The molecule has 0 aliphatic rings. The summed E-state index contributed by atoms with van der Waals surface area (Å²) >= 11 is 2.23. The van der Waals surface area contributed by atoms with Gasteiger partial charge in [0.05, 0.1) is 5.60 Å². The smallest absolute Gasteiger partial charge is 0.0791 e. The fraction of sp³-hybridized carbons (Fsp3) is 0.500. The van der Waals surface area contributed by atoms with Crippen LogP contribution in [0.1, 0.15) is 26.7 Å². The summed E-state index contributed by atoms with van der Waals surface area (Å²) in [5.41, 5.74) is 6.80. The van der Waals surface area contributed by atoms with Crippen LogP contribution in [0.5, 0.6) is 0 Å². The molecule has 0 spiro atoms. The zero-order valence-electron chi connectivity index (χ0n) is 9.76. The largest absolute Gasteiger partial charge is 0.399 e. The summed E-state index contributed by atoms with van der Waals surface area (Å²) in [4.78, 5) is 0. The van der Waals surface area contributed by atoms with Crippen molar-refractivity contribution in [3.8, 4) is 0 Å². The van der Waals surface area contributed by atoms with E-state index in [2.05, 4.69) is 34.8 Å². The molecule has 3 nitrogen and oxygen atoms in total. The van der Waals surface area contributed by atoms with E-state index >= 15 is 0 Å². The maximum Gasteiger partial charge on any atom is 0.0791 e. The number of nitrogens with two attached hydrogens (primary N) is 1. The number of hydrogen-bond donors (Lipinski definition) is 3. The number of nitrogen functional groups attached to an aromatic ring is 1. The average Bonchev–Trinajstić information content (AvgIpc) is 2.16. The van der Waals surface area contributed by atoms with Gasteiger partial charge in [-0.2, -0.15) is 0 Å². The summed E-state index contributed by atoms with van der Waals surface area (Å²) in [5, 5.41) is 13.3. The lowest BCUT2D eigenvalue weighted by molar-refractivity contribution is 0.0637. The monoisotopic (exact) mass is 334 g/mol. The van der Waals surface area contributed by atoms with Gasteiger partial charge in [0.15, 0.2) is 0 Å². The van der Waals surface area contributed by atoms with Gasteiger partial charge in [-0.05, 0) is 54.1 Å². The van der Waals surface area contributed by atoms with Crippen LogP contribution in [0.2, 0.25) is 0 Å². The van der Waals surface area contributed by atoms with Crippen molar-refractivity contribution in [1.29, 1.82) is 0 Å². The van der Waals surface area contributed by atoms with Crippen molar-refractivity contribution in [1.82, 2.24) is 0 Å². The number of hydrogen-bond acceptors (Lipinski definition) is 3. The van der Waals surface area contributed by atoms with E-state index in [4.69, 9.17) is 5.73 Å². The van der Waals surface area contributed by atoms with Crippen molar-refractivity contribution in [3.63, 3.8) is 0 Å². The summed E-state index contributed by atoms with van der Waals surface area (Å²) < 4.78 is 1.07. The van der Waals surface area contributed by atoms with Crippen LogP contribution in [0.3, 0.4) is 0 Å². The van der Waals surface area contributed by atoms with Crippen LogP contribution in [0.4, 0.5) is 11.4 Å². The van der Waals surface area contributed by atoms with Gasteiger partial charge >= 0.3 is 0 Å². The number of anilines is 2. The summed E-state index contributed by atoms with van der Waals surface area (Å²) in [5.74, 6) is 0. The van der Waals surface area contributed by atoms with Gasteiger partial charge in [0.1, 0.15) is 0 Å². The molecule has 1 atom stereocenters. The van der Waals surface area contributed by atoms with Crippen molar-refractivity contribution >= 4 is 34.0 Å². The van der Waals surface area contributed by atoms with E-state index in [0.717, 1.165) is 27.8 Å². The molecule has 0 aliphatic heterocycles. The molecule has 1 rings (SSSR count). The van der Waals surface area contributed by atoms with Crippen LogP contribution in [0.25, 0.3) is 0 Å². The molecule has 0 radical (unpaired) electrons. The molecule has 16 heavy (non-hydrogen) atoms. The molecular formula is C12H19IN2O. The third-order valence-corrected chi connectivity index (χ3v) is 3.33. The lowest BCUT2D eigenvalue weighted by Crippen LogP contribution is -2.33. The van der Waals surface area contributed by atoms with Gasteiger partial charge in [-0.15, -0.1) is 0 Å². The molecule has 0 heterocycles. The highest BCUT2D eigenvalue weighted by Gasteiger charge is 2.18. The predicted molar refractivity (Wildman–Crippen MR) is 77.6 cm³/mol. The molecule has 1 aromatic rings. The van der Waals surface area contributed by atoms with Crippen LogP contribution in [-0.2, 0) is 0 Å². The Kier molecular flexibility index (Phi) is 4.86. The highest BCUT2D eigenvalue weighted by Crippen LogP contribution is 2.22. The van der Waals surface area contributed by atoms with E-state index in [-0.39, 0.29) is 0 Å². The number of halogens is 1. The van der Waals surface area contributed by atoms with Gasteiger partial charge in [-0.1, -0.05) is 13.3 Å². The zero-order valence-corrected chi connectivity index (χ0v) is 11.9. The van der Waals surface area contributed by atoms with Gasteiger partial charge in [0, 0.05) is 21.5 Å². The Morgan fingerprint density at radius 3 is 2.75 bits per heavy atom. The highest BCUT2D eigenvalue weighted by molar-refractivity contribution is 14.1. The SMILES string of the molecule is CCCC(C)(O)CNc1ccc(N)cc1I. The zero-order chi connectivity index (χ0) is 12.2. The first-order valence-electron chi connectivity index (χ1n) is 5.46. The Balaban J connectivity index is 2.61. The highest BCUT2D eigenvalue weighted by atomic mass is 127. The van der Waals surface area contributed by atoms with Crippen molar-refractivity contribution < 1.29 is 5.11 Å². The Labute approximate surface area is 111 Å². The fourth-order valence-electron chi connectivity index (χ4n) is 1.59. The summed E-state index contributed by atoms with van der Waals surface area (Å²) in [6, 6.07) is 5.72. The van der Waals surface area contributed by atoms with Crippen molar-refractivity contribution in [2.45, 2.75) is 32.3 Å². The molecule has 4 N–H and O–H groups in total. The number of rotatable bonds is 5. The maximum atomic E-state index is 10.0. The number of aliphatic hydroxyl groups is 1. The molecule has 1 aromatic carbocycles. The quantitative estimate of drug-likeness (QED) is 0.573. The van der Waals surface area contributed by atoms with E-state index in [1.165, 1.54) is 0 Å². The number of nitrogens with one attached hydrogen (secondary N) is 1. The second-order valence-electron chi connectivity index (χ2n) is 4.34. The van der Waals surface area contributed by atoms with Crippen molar-refractivity contribution in [3.05, 3.63) is 21.8 Å². The third-order valence-electron chi connectivity index (χ3n) is 2.44. The normalized spacial score (nSPS) is 14.5. The minimum Gasteiger partial charge on any atom is -0.399 e. The molecule has 90 valence electrons. The fourth-order valence-corrected chi connectivity index (χ4v) is 2.32. The second-order valence-corrected chi connectivity index (χ2v) is 5.50. The van der Waals surface area contributed by atoms with Gasteiger partial charge in [0.25, 0.3) is 0 Å². The van der Waals surface area contributed by atoms with Crippen LogP contribution in [-0.4, -0.2) is 17.3 Å². The molecule has 0 saturated heterocycles. The van der Waals surface area contributed by atoms with Gasteiger partial charge in [-0.25, -0.2) is 0 Å². The molecule has 0 aliphatic carbocycles. The van der Waals surface area contributed by atoms with E-state index in [0.29, 0.717) is 6.54 Å². The first-order valence-corrected chi connectivity index (χ1v) is 6.54. The van der Waals surface area contributed by atoms with E-state index in [1.54, 1.807) is 0 Å². The average molecular weight is 334 g/mol. The maximum absolute atomic E-state index is 10.0. The minimum atomic E-state index is -0.654. The van der Waals surface area contributed by atoms with Gasteiger partial charge in [0.2, 0.25) is 0 Å². The van der Waals surface area contributed by atoms with Crippen LogP contribution >= 0.6 is 22.6 Å². The molecule has 0 amide bonds. The van der Waals surface area contributed by atoms with Crippen LogP contribution in [0, 0.1) is 3.57 Å². The molecular weight excluding hydrogens is 315 g/mol. The van der Waals surface area contributed by atoms with Crippen molar-refractivity contribution in [2.75, 3.05) is 17.6 Å². The molecule has 4 heteroatoms. The summed E-state index contributed by atoms with van der Waals surface area (Å²) in [6.07, 6.45) is 1.78. The Morgan fingerprint density at radius 1 is 1.50 bits per heavy atom. The molecule has 0 saturated carbocycles. The van der Waals surface area contributed by atoms with Crippen LogP contribution < -0.4 is 11.1 Å². The topological polar surface area (TPSA) is 58.3 Å². The second kappa shape index (κ2) is 5.72. The Bertz CT molecular complexity index is 353. The molecule has 0 fully saturated rings. The standard InChI is InChI=1S/C12H19IN2O/c1-3-6-12(2,16)8-15-11-5-4-9(14)7-10(11)13/h4-5,7,15-16H,3,6,8,14H2,1-2H3. The molecule has 1 unspecified atom stereocenters. The lowest BCUT2D eigenvalue weighted by Gasteiger charge is -2.24. The third kappa shape index (κ3) is 4.17. The van der Waals surface area contributed by atoms with Crippen LogP contribution in [0.15, 0.2) is 18.2 Å². The Hall–Kier alpha value is -0.490. The molecule has 0 bridgehead atoms. The van der Waals surface area contributed by atoms with Gasteiger partial charge < -0.3 is 16.2 Å². The van der Waals surface area contributed by atoms with E-state index < -0.39 is 5.60 Å². The van der Waals surface area contributed by atoms with E-state index in [9.17, 15) is 5.11 Å². The summed E-state index contributed by atoms with van der Waals surface area (Å²) in [7, 11) is 0. The van der Waals surface area contributed by atoms with Crippen molar-refractivity contribution in [2.24, 2.45) is 0 Å². The predicted octanol–water partition coefficient (Wildman–Crippen LogP) is 2.84.